The van der Waals surface area contributed by atoms with Crippen molar-refractivity contribution < 1.29 is 13.2 Å². The van der Waals surface area contributed by atoms with Crippen molar-refractivity contribution in [2.75, 3.05) is 0 Å². The molecule has 0 atom stereocenters. The van der Waals surface area contributed by atoms with E-state index in [1.165, 1.54) is 0 Å². The van der Waals surface area contributed by atoms with Gasteiger partial charge < -0.3 is 14.3 Å². The summed E-state index contributed by atoms with van der Waals surface area (Å²) >= 11 is 0.552. The molecule has 0 unspecified atom stereocenters. The van der Waals surface area contributed by atoms with Crippen LogP contribution >= 0.6 is 11.8 Å². The first-order valence-electron chi connectivity index (χ1n) is 8.51. The molecule has 0 bridgehead atoms. The number of furan rings is 1. The van der Waals surface area contributed by atoms with Crippen molar-refractivity contribution in [1.82, 2.24) is 9.88 Å². The van der Waals surface area contributed by atoms with Crippen molar-refractivity contribution in [3.05, 3.63) is 93.8 Å². The smallest absolute Gasteiger partial charge is 0.284 e. The maximum Gasteiger partial charge on any atom is 0.284 e. The zero-order valence-corrected chi connectivity index (χ0v) is 15.4. The first kappa shape index (κ1) is 19.4. The number of thioether (sulfide) groups is 1. The van der Waals surface area contributed by atoms with Crippen molar-refractivity contribution in [2.24, 2.45) is 0 Å². The van der Waals surface area contributed by atoms with E-state index in [1.807, 2.05) is 30.3 Å². The summed E-state index contributed by atoms with van der Waals surface area (Å²) in [5, 5.41) is 3.27. The van der Waals surface area contributed by atoms with Crippen LogP contribution in [0.3, 0.4) is 0 Å². The summed E-state index contributed by atoms with van der Waals surface area (Å²) in [4.78, 5) is 11.7. The molecular formula is C20H20F2N2O2S. The van der Waals surface area contributed by atoms with Gasteiger partial charge in [0.15, 0.2) is 0 Å². The van der Waals surface area contributed by atoms with Gasteiger partial charge in [0.25, 0.3) is 11.3 Å². The molecule has 2 aromatic heterocycles. The van der Waals surface area contributed by atoms with Gasteiger partial charge in [-0.3, -0.25) is 4.79 Å². The average Bonchev–Trinajstić information content (AvgIpc) is 3.11. The van der Waals surface area contributed by atoms with Gasteiger partial charge in [-0.15, -0.1) is 0 Å². The van der Waals surface area contributed by atoms with Crippen LogP contribution in [0.4, 0.5) is 8.78 Å². The molecule has 1 aromatic carbocycles. The molecule has 3 aromatic rings. The van der Waals surface area contributed by atoms with E-state index in [0.29, 0.717) is 37.2 Å². The SMILES string of the molecule is O=c1ccccn1Cc1ccc(CNCc2ccc(CSC(F)F)o2)cc1. The second-order valence-corrected chi connectivity index (χ2v) is 7.00. The van der Waals surface area contributed by atoms with Gasteiger partial charge in [0.1, 0.15) is 11.5 Å². The molecule has 0 amide bonds. The molecule has 0 spiro atoms. The van der Waals surface area contributed by atoms with E-state index in [4.69, 9.17) is 4.42 Å². The molecule has 2 heterocycles. The number of pyridine rings is 1. The zero-order chi connectivity index (χ0) is 19.1. The van der Waals surface area contributed by atoms with Crippen LogP contribution < -0.4 is 10.9 Å². The lowest BCUT2D eigenvalue weighted by Crippen LogP contribution is -2.18. The first-order valence-corrected chi connectivity index (χ1v) is 9.56. The molecule has 7 heteroatoms. The van der Waals surface area contributed by atoms with Gasteiger partial charge in [0.05, 0.1) is 18.8 Å². The molecule has 4 nitrogen and oxygen atoms in total. The van der Waals surface area contributed by atoms with Crippen LogP contribution in [0.25, 0.3) is 0 Å². The minimum absolute atomic E-state index is 0.0204. The summed E-state index contributed by atoms with van der Waals surface area (Å²) in [6, 6.07) is 16.7. The Bertz CT molecular complexity index is 907. The third kappa shape index (κ3) is 6.08. The lowest BCUT2D eigenvalue weighted by Gasteiger charge is -2.07. The monoisotopic (exact) mass is 390 g/mol. The molecule has 0 aliphatic carbocycles. The fourth-order valence-corrected chi connectivity index (χ4v) is 3.07. The highest BCUT2D eigenvalue weighted by molar-refractivity contribution is 7.98. The molecule has 0 aliphatic heterocycles. The molecule has 3 rings (SSSR count). The van der Waals surface area contributed by atoms with Crippen LogP contribution in [-0.4, -0.2) is 10.3 Å². The number of benzene rings is 1. The standard InChI is InChI=1S/C20H20F2N2O2S/c21-20(22)27-14-18-9-8-17(26-18)12-23-11-15-4-6-16(7-5-15)13-24-10-2-1-3-19(24)25/h1-10,20,23H,11-14H2. The Morgan fingerprint density at radius 3 is 2.44 bits per heavy atom. The second kappa shape index (κ2) is 9.53. The predicted octanol–water partition coefficient (Wildman–Crippen LogP) is 4.24. The van der Waals surface area contributed by atoms with Crippen LogP contribution in [0.2, 0.25) is 0 Å². The van der Waals surface area contributed by atoms with E-state index >= 15 is 0 Å². The predicted molar refractivity (Wildman–Crippen MR) is 103 cm³/mol. The number of nitrogens with one attached hydrogen (secondary N) is 1. The van der Waals surface area contributed by atoms with Gasteiger partial charge in [-0.1, -0.05) is 42.1 Å². The van der Waals surface area contributed by atoms with E-state index in [1.54, 1.807) is 35.0 Å². The Balaban J connectivity index is 1.46. The van der Waals surface area contributed by atoms with Crippen LogP contribution in [0.1, 0.15) is 22.6 Å². The van der Waals surface area contributed by atoms with Crippen molar-refractivity contribution in [1.29, 1.82) is 0 Å². The van der Waals surface area contributed by atoms with Gasteiger partial charge in [0.2, 0.25) is 0 Å². The maximum atomic E-state index is 12.2. The van der Waals surface area contributed by atoms with E-state index in [9.17, 15) is 13.6 Å². The molecule has 142 valence electrons. The van der Waals surface area contributed by atoms with Gasteiger partial charge in [-0.2, -0.15) is 8.78 Å². The second-order valence-electron chi connectivity index (χ2n) is 6.03. The number of alkyl halides is 2. The summed E-state index contributed by atoms with van der Waals surface area (Å²) in [6.45, 7) is 1.73. The summed E-state index contributed by atoms with van der Waals surface area (Å²) in [6.07, 6.45) is 1.77. The van der Waals surface area contributed by atoms with Crippen molar-refractivity contribution >= 4 is 11.8 Å². The molecule has 0 radical (unpaired) electrons. The fourth-order valence-electron chi connectivity index (χ4n) is 2.62. The average molecular weight is 390 g/mol. The molecule has 0 aliphatic rings. The number of rotatable bonds is 9. The van der Waals surface area contributed by atoms with Crippen LogP contribution in [0.5, 0.6) is 0 Å². The Hall–Kier alpha value is -2.38. The van der Waals surface area contributed by atoms with Crippen molar-refractivity contribution in [3.63, 3.8) is 0 Å². The first-order chi connectivity index (χ1) is 13.1. The Labute approximate surface area is 160 Å². The lowest BCUT2D eigenvalue weighted by atomic mass is 10.1. The fraction of sp³-hybridized carbons (Fsp3) is 0.250. The normalized spacial score (nSPS) is 11.2. The maximum absolute atomic E-state index is 12.2. The molecule has 1 N–H and O–H groups in total. The quantitative estimate of drug-likeness (QED) is 0.594. The van der Waals surface area contributed by atoms with E-state index < -0.39 is 5.76 Å². The Morgan fingerprint density at radius 2 is 1.70 bits per heavy atom. The highest BCUT2D eigenvalue weighted by Gasteiger charge is 2.07. The molecular weight excluding hydrogens is 370 g/mol. The van der Waals surface area contributed by atoms with Gasteiger partial charge in [-0.25, -0.2) is 0 Å². The van der Waals surface area contributed by atoms with Gasteiger partial charge in [0, 0.05) is 18.8 Å². The largest absolute Gasteiger partial charge is 0.464 e. The Morgan fingerprint density at radius 1 is 0.963 bits per heavy atom. The number of halogens is 2. The highest BCUT2D eigenvalue weighted by atomic mass is 32.2. The van der Waals surface area contributed by atoms with Crippen LogP contribution in [0.15, 0.2) is 70.0 Å². The van der Waals surface area contributed by atoms with Crippen molar-refractivity contribution in [2.45, 2.75) is 31.1 Å². The molecule has 27 heavy (non-hydrogen) atoms. The minimum atomic E-state index is -2.39. The van der Waals surface area contributed by atoms with Crippen LogP contribution in [-0.2, 0) is 25.4 Å². The number of nitrogens with zero attached hydrogens (tertiary/aromatic N) is 1. The Kier molecular flexibility index (Phi) is 6.84. The summed E-state index contributed by atoms with van der Waals surface area (Å²) in [5.41, 5.74) is 2.14. The number of hydrogen-bond acceptors (Lipinski definition) is 4. The molecule has 0 fully saturated rings. The topological polar surface area (TPSA) is 47.2 Å². The van der Waals surface area contributed by atoms with Gasteiger partial charge >= 0.3 is 0 Å². The number of hydrogen-bond donors (Lipinski definition) is 1. The third-order valence-electron chi connectivity index (χ3n) is 3.97. The minimum Gasteiger partial charge on any atom is -0.464 e. The molecule has 0 saturated carbocycles. The summed E-state index contributed by atoms with van der Waals surface area (Å²) in [7, 11) is 0. The van der Waals surface area contributed by atoms with Crippen LogP contribution in [0, 0.1) is 0 Å². The van der Waals surface area contributed by atoms with Gasteiger partial charge in [-0.05, 0) is 29.3 Å². The summed E-state index contributed by atoms with van der Waals surface area (Å²) in [5.74, 6) is -0.943. The van der Waals surface area contributed by atoms with E-state index in [2.05, 4.69) is 5.32 Å². The van der Waals surface area contributed by atoms with Crippen molar-refractivity contribution in [3.8, 4) is 0 Å². The van der Waals surface area contributed by atoms with E-state index in [-0.39, 0.29) is 11.3 Å². The summed E-state index contributed by atoms with van der Waals surface area (Å²) < 4.78 is 31.5. The number of aromatic nitrogens is 1. The molecule has 0 saturated heterocycles. The van der Waals surface area contributed by atoms with E-state index in [0.717, 1.165) is 16.9 Å². The third-order valence-corrected chi connectivity index (χ3v) is 4.68. The highest BCUT2D eigenvalue weighted by Crippen LogP contribution is 2.21. The lowest BCUT2D eigenvalue weighted by molar-refractivity contribution is 0.251. The zero-order valence-electron chi connectivity index (χ0n) is 14.6.